The standard InChI is InChI=1S/C16H24N2O/c1-2-4-13(8-10-19)11-17-12-15-6-3-5-14-7-9-18-16(14)15/h3,5-7,9,13,17-19H,2,4,8,10-12H2,1H3. The first-order valence-corrected chi connectivity index (χ1v) is 7.21. The van der Waals surface area contributed by atoms with E-state index in [2.05, 4.69) is 41.5 Å². The second-order valence-corrected chi connectivity index (χ2v) is 5.16. The van der Waals surface area contributed by atoms with Crippen LogP contribution in [-0.4, -0.2) is 23.2 Å². The Bertz CT molecular complexity index is 486. The van der Waals surface area contributed by atoms with E-state index in [4.69, 9.17) is 5.11 Å². The van der Waals surface area contributed by atoms with Crippen molar-refractivity contribution in [1.29, 1.82) is 0 Å². The number of hydrogen-bond donors (Lipinski definition) is 3. The molecule has 0 aliphatic rings. The zero-order chi connectivity index (χ0) is 13.5. The van der Waals surface area contributed by atoms with E-state index in [9.17, 15) is 0 Å². The van der Waals surface area contributed by atoms with Gasteiger partial charge >= 0.3 is 0 Å². The molecule has 0 aliphatic heterocycles. The highest BCUT2D eigenvalue weighted by Crippen LogP contribution is 2.17. The van der Waals surface area contributed by atoms with E-state index < -0.39 is 0 Å². The number of aliphatic hydroxyl groups excluding tert-OH is 1. The summed E-state index contributed by atoms with van der Waals surface area (Å²) in [5.74, 6) is 0.581. The zero-order valence-electron chi connectivity index (χ0n) is 11.7. The van der Waals surface area contributed by atoms with Crippen LogP contribution in [0.1, 0.15) is 31.7 Å². The van der Waals surface area contributed by atoms with E-state index in [1.807, 2.05) is 6.20 Å². The summed E-state index contributed by atoms with van der Waals surface area (Å²) in [6.45, 7) is 4.34. The highest BCUT2D eigenvalue weighted by molar-refractivity contribution is 5.82. The minimum atomic E-state index is 0.290. The topological polar surface area (TPSA) is 48.0 Å². The number of nitrogens with one attached hydrogen (secondary N) is 2. The lowest BCUT2D eigenvalue weighted by Crippen LogP contribution is -2.23. The quantitative estimate of drug-likeness (QED) is 0.683. The van der Waals surface area contributed by atoms with E-state index in [1.165, 1.54) is 29.3 Å². The summed E-state index contributed by atoms with van der Waals surface area (Å²) in [4.78, 5) is 3.30. The number of para-hydroxylation sites is 1. The van der Waals surface area contributed by atoms with Gasteiger partial charge in [0.2, 0.25) is 0 Å². The van der Waals surface area contributed by atoms with Gasteiger partial charge < -0.3 is 15.4 Å². The van der Waals surface area contributed by atoms with E-state index in [-0.39, 0.29) is 0 Å². The average molecular weight is 260 g/mol. The summed E-state index contributed by atoms with van der Waals surface area (Å²) in [7, 11) is 0. The normalized spacial score (nSPS) is 12.9. The second kappa shape index (κ2) is 7.31. The number of hydrogen-bond acceptors (Lipinski definition) is 2. The van der Waals surface area contributed by atoms with Crippen molar-refractivity contribution in [3.05, 3.63) is 36.0 Å². The molecule has 0 bridgehead atoms. The van der Waals surface area contributed by atoms with Crippen LogP contribution >= 0.6 is 0 Å². The van der Waals surface area contributed by atoms with Gasteiger partial charge in [-0.2, -0.15) is 0 Å². The van der Waals surface area contributed by atoms with Crippen molar-refractivity contribution in [2.24, 2.45) is 5.92 Å². The Morgan fingerprint density at radius 1 is 1.26 bits per heavy atom. The monoisotopic (exact) mass is 260 g/mol. The molecule has 104 valence electrons. The van der Waals surface area contributed by atoms with Gasteiger partial charge in [0.15, 0.2) is 0 Å². The molecule has 0 radical (unpaired) electrons. The first-order valence-electron chi connectivity index (χ1n) is 7.21. The summed E-state index contributed by atoms with van der Waals surface area (Å²) >= 11 is 0. The third-order valence-corrected chi connectivity index (χ3v) is 3.66. The van der Waals surface area contributed by atoms with Crippen LogP contribution in [0, 0.1) is 5.92 Å². The maximum absolute atomic E-state index is 9.06. The van der Waals surface area contributed by atoms with Crippen LogP contribution in [-0.2, 0) is 6.54 Å². The highest BCUT2D eigenvalue weighted by Gasteiger charge is 2.07. The summed E-state index contributed by atoms with van der Waals surface area (Å²) < 4.78 is 0. The Hall–Kier alpha value is -1.32. The molecule has 1 aromatic heterocycles. The van der Waals surface area contributed by atoms with Crippen molar-refractivity contribution in [2.45, 2.75) is 32.7 Å². The third kappa shape index (κ3) is 3.82. The lowest BCUT2D eigenvalue weighted by Gasteiger charge is -2.15. The Morgan fingerprint density at radius 3 is 2.95 bits per heavy atom. The smallest absolute Gasteiger partial charge is 0.0499 e. The Labute approximate surface area is 115 Å². The lowest BCUT2D eigenvalue weighted by atomic mass is 10.00. The maximum Gasteiger partial charge on any atom is 0.0499 e. The molecule has 0 saturated heterocycles. The molecule has 1 unspecified atom stereocenters. The van der Waals surface area contributed by atoms with Crippen molar-refractivity contribution < 1.29 is 5.11 Å². The Kier molecular flexibility index (Phi) is 5.43. The van der Waals surface area contributed by atoms with E-state index in [0.29, 0.717) is 12.5 Å². The molecule has 19 heavy (non-hydrogen) atoms. The predicted molar refractivity (Wildman–Crippen MR) is 80.1 cm³/mol. The van der Waals surface area contributed by atoms with Gasteiger partial charge in [0.25, 0.3) is 0 Å². The van der Waals surface area contributed by atoms with Gasteiger partial charge in [-0.15, -0.1) is 0 Å². The largest absolute Gasteiger partial charge is 0.396 e. The number of rotatable bonds is 8. The van der Waals surface area contributed by atoms with Crippen molar-refractivity contribution in [3.63, 3.8) is 0 Å². The van der Waals surface area contributed by atoms with Gasteiger partial charge in [-0.1, -0.05) is 31.5 Å². The van der Waals surface area contributed by atoms with Gasteiger partial charge in [-0.05, 0) is 42.3 Å². The number of fused-ring (bicyclic) bond motifs is 1. The molecule has 0 aliphatic carbocycles. The van der Waals surface area contributed by atoms with Gasteiger partial charge in [0.1, 0.15) is 0 Å². The summed E-state index contributed by atoms with van der Waals surface area (Å²) in [5, 5.41) is 13.8. The molecule has 1 atom stereocenters. The van der Waals surface area contributed by atoms with Gasteiger partial charge in [-0.25, -0.2) is 0 Å². The van der Waals surface area contributed by atoms with Gasteiger partial charge in [-0.3, -0.25) is 0 Å². The van der Waals surface area contributed by atoms with Gasteiger partial charge in [0, 0.05) is 24.9 Å². The average Bonchev–Trinajstić information content (AvgIpc) is 2.88. The van der Waals surface area contributed by atoms with Crippen LogP contribution in [0.15, 0.2) is 30.5 Å². The molecule has 2 rings (SSSR count). The van der Waals surface area contributed by atoms with Crippen LogP contribution in [0.4, 0.5) is 0 Å². The van der Waals surface area contributed by atoms with E-state index >= 15 is 0 Å². The van der Waals surface area contributed by atoms with Crippen molar-refractivity contribution in [1.82, 2.24) is 10.3 Å². The molecule has 3 nitrogen and oxygen atoms in total. The molecule has 0 spiro atoms. The van der Waals surface area contributed by atoms with Crippen molar-refractivity contribution >= 4 is 10.9 Å². The van der Waals surface area contributed by atoms with E-state index in [0.717, 1.165) is 19.5 Å². The first kappa shape index (κ1) is 14.1. The fraction of sp³-hybridized carbons (Fsp3) is 0.500. The minimum Gasteiger partial charge on any atom is -0.396 e. The number of H-pyrrole nitrogens is 1. The first-order chi connectivity index (χ1) is 9.35. The summed E-state index contributed by atoms with van der Waals surface area (Å²) in [5.41, 5.74) is 2.53. The molecule has 0 saturated carbocycles. The van der Waals surface area contributed by atoms with E-state index in [1.54, 1.807) is 0 Å². The highest BCUT2D eigenvalue weighted by atomic mass is 16.3. The molecule has 0 amide bonds. The number of aromatic nitrogens is 1. The molecular formula is C16H24N2O. The van der Waals surface area contributed by atoms with Crippen LogP contribution < -0.4 is 5.32 Å². The number of aliphatic hydroxyl groups is 1. The summed E-state index contributed by atoms with van der Waals surface area (Å²) in [6, 6.07) is 8.49. The van der Waals surface area contributed by atoms with Crippen LogP contribution in [0.5, 0.6) is 0 Å². The lowest BCUT2D eigenvalue weighted by molar-refractivity contribution is 0.248. The van der Waals surface area contributed by atoms with Crippen molar-refractivity contribution in [3.8, 4) is 0 Å². The SMILES string of the molecule is CCCC(CCO)CNCc1cccc2cc[nH]c12. The van der Waals surface area contributed by atoms with Crippen LogP contribution in [0.3, 0.4) is 0 Å². The Balaban J connectivity index is 1.89. The number of aromatic amines is 1. The van der Waals surface area contributed by atoms with Crippen LogP contribution in [0.2, 0.25) is 0 Å². The molecule has 0 fully saturated rings. The van der Waals surface area contributed by atoms with Crippen LogP contribution in [0.25, 0.3) is 10.9 Å². The second-order valence-electron chi connectivity index (χ2n) is 5.16. The molecule has 1 heterocycles. The number of benzene rings is 1. The fourth-order valence-corrected chi connectivity index (χ4v) is 2.65. The summed E-state index contributed by atoms with van der Waals surface area (Å²) in [6.07, 6.45) is 5.24. The predicted octanol–water partition coefficient (Wildman–Crippen LogP) is 3.06. The van der Waals surface area contributed by atoms with Crippen molar-refractivity contribution in [2.75, 3.05) is 13.2 Å². The minimum absolute atomic E-state index is 0.290. The maximum atomic E-state index is 9.06. The molecule has 3 N–H and O–H groups in total. The van der Waals surface area contributed by atoms with Gasteiger partial charge in [0.05, 0.1) is 0 Å². The third-order valence-electron chi connectivity index (χ3n) is 3.66. The fourth-order valence-electron chi connectivity index (χ4n) is 2.65. The molecule has 2 aromatic rings. The Morgan fingerprint density at radius 2 is 2.16 bits per heavy atom. The zero-order valence-corrected chi connectivity index (χ0v) is 11.7. The molecule has 3 heteroatoms. The molecular weight excluding hydrogens is 236 g/mol. The molecule has 1 aromatic carbocycles.